The molecule has 0 saturated carbocycles. The molecule has 0 radical (unpaired) electrons. The second-order valence-electron chi connectivity index (χ2n) is 5.25. The van der Waals surface area contributed by atoms with Gasteiger partial charge >= 0.3 is 17.6 Å². The zero-order valence-electron chi connectivity index (χ0n) is 13.7. The van der Waals surface area contributed by atoms with Crippen LogP contribution in [-0.2, 0) is 4.74 Å². The van der Waals surface area contributed by atoms with Crippen LogP contribution in [0.4, 0.5) is 15.5 Å². The SMILES string of the molecule is COC(=O)c1cc2sc(N(C)C(=O)Nc3ccc(Cl)cc3)cc2oc1=O. The van der Waals surface area contributed by atoms with Crippen molar-refractivity contribution in [2.45, 2.75) is 0 Å². The molecule has 0 saturated heterocycles. The van der Waals surface area contributed by atoms with Crippen LogP contribution < -0.4 is 15.8 Å². The minimum absolute atomic E-state index is 0.193. The second-order valence-corrected chi connectivity index (χ2v) is 6.75. The fourth-order valence-corrected chi connectivity index (χ4v) is 3.27. The van der Waals surface area contributed by atoms with Crippen LogP contribution in [0.15, 0.2) is 45.6 Å². The molecule has 0 atom stereocenters. The Morgan fingerprint density at radius 1 is 1.23 bits per heavy atom. The average Bonchev–Trinajstić information content (AvgIpc) is 3.04. The van der Waals surface area contributed by atoms with E-state index in [4.69, 9.17) is 16.0 Å². The third-order valence-electron chi connectivity index (χ3n) is 3.55. The van der Waals surface area contributed by atoms with Gasteiger partial charge in [-0.15, -0.1) is 11.3 Å². The van der Waals surface area contributed by atoms with Crippen molar-refractivity contribution in [3.63, 3.8) is 0 Å². The average molecular weight is 393 g/mol. The Hall–Kier alpha value is -2.84. The van der Waals surface area contributed by atoms with Gasteiger partial charge in [-0.25, -0.2) is 14.4 Å². The highest BCUT2D eigenvalue weighted by atomic mass is 35.5. The van der Waals surface area contributed by atoms with E-state index in [-0.39, 0.29) is 17.2 Å². The Morgan fingerprint density at radius 2 is 1.92 bits per heavy atom. The van der Waals surface area contributed by atoms with E-state index in [1.807, 2.05) is 0 Å². The Labute approximate surface area is 156 Å². The van der Waals surface area contributed by atoms with Gasteiger partial charge < -0.3 is 14.5 Å². The Bertz CT molecular complexity index is 1040. The molecule has 3 rings (SSSR count). The first-order chi connectivity index (χ1) is 12.4. The monoisotopic (exact) mass is 392 g/mol. The van der Waals surface area contributed by atoms with Gasteiger partial charge in [-0.3, -0.25) is 4.90 Å². The lowest BCUT2D eigenvalue weighted by atomic mass is 10.3. The molecule has 0 bridgehead atoms. The lowest BCUT2D eigenvalue weighted by Gasteiger charge is -2.15. The first-order valence-corrected chi connectivity index (χ1v) is 8.55. The summed E-state index contributed by atoms with van der Waals surface area (Å²) in [5.41, 5.74) is -0.107. The van der Waals surface area contributed by atoms with Crippen molar-refractivity contribution in [3.05, 3.63) is 57.4 Å². The van der Waals surface area contributed by atoms with Crippen molar-refractivity contribution in [3.8, 4) is 0 Å². The number of methoxy groups -OCH3 is 1. The molecule has 1 aromatic carbocycles. The highest BCUT2D eigenvalue weighted by Gasteiger charge is 2.19. The number of rotatable bonds is 3. The van der Waals surface area contributed by atoms with Crippen LogP contribution in [0.1, 0.15) is 10.4 Å². The van der Waals surface area contributed by atoms with Crippen LogP contribution in [0.25, 0.3) is 10.3 Å². The summed E-state index contributed by atoms with van der Waals surface area (Å²) >= 11 is 7.02. The molecule has 2 heterocycles. The van der Waals surface area contributed by atoms with E-state index < -0.39 is 11.6 Å². The largest absolute Gasteiger partial charge is 0.465 e. The number of hydrogen-bond acceptors (Lipinski definition) is 6. The van der Waals surface area contributed by atoms with Gasteiger partial charge in [0.1, 0.15) is 10.6 Å². The number of ether oxygens (including phenoxy) is 1. The maximum absolute atomic E-state index is 12.4. The maximum Gasteiger partial charge on any atom is 0.351 e. The molecule has 0 aliphatic heterocycles. The molecule has 0 aliphatic carbocycles. The first kappa shape index (κ1) is 18.0. The van der Waals surface area contributed by atoms with Crippen LogP contribution in [0.2, 0.25) is 5.02 Å². The van der Waals surface area contributed by atoms with E-state index >= 15 is 0 Å². The summed E-state index contributed by atoms with van der Waals surface area (Å²) in [6.07, 6.45) is 0. The quantitative estimate of drug-likeness (QED) is 0.681. The molecule has 9 heteroatoms. The zero-order valence-corrected chi connectivity index (χ0v) is 15.3. The minimum atomic E-state index is -0.790. The highest BCUT2D eigenvalue weighted by Crippen LogP contribution is 2.32. The Balaban J connectivity index is 1.87. The molecule has 0 aliphatic rings. The number of anilines is 2. The van der Waals surface area contributed by atoms with E-state index in [1.165, 1.54) is 29.4 Å². The number of hydrogen-bond donors (Lipinski definition) is 1. The standard InChI is InChI=1S/C17H13ClN2O5S/c1-20(17(23)19-10-5-3-9(18)4-6-10)14-8-12-13(26-14)7-11(15(21)24-2)16(22)25-12/h3-8H,1-2H3,(H,19,23). The van der Waals surface area contributed by atoms with Crippen LogP contribution in [0.5, 0.6) is 0 Å². The molecular weight excluding hydrogens is 380 g/mol. The molecule has 2 amide bonds. The summed E-state index contributed by atoms with van der Waals surface area (Å²) in [7, 11) is 2.76. The van der Waals surface area contributed by atoms with Crippen molar-refractivity contribution in [1.29, 1.82) is 0 Å². The molecule has 7 nitrogen and oxygen atoms in total. The Kier molecular flexibility index (Phi) is 4.97. The van der Waals surface area contributed by atoms with Gasteiger partial charge in [-0.05, 0) is 30.3 Å². The minimum Gasteiger partial charge on any atom is -0.465 e. The number of thiophene rings is 1. The van der Waals surface area contributed by atoms with Gasteiger partial charge in [0.2, 0.25) is 0 Å². The molecule has 1 N–H and O–H groups in total. The fraction of sp³-hybridized carbons (Fsp3) is 0.118. The van der Waals surface area contributed by atoms with Gasteiger partial charge in [0.05, 0.1) is 11.8 Å². The third kappa shape index (κ3) is 3.56. The Morgan fingerprint density at radius 3 is 2.58 bits per heavy atom. The predicted octanol–water partition coefficient (Wildman–Crippen LogP) is 3.96. The molecule has 2 aromatic heterocycles. The van der Waals surface area contributed by atoms with Crippen LogP contribution in [-0.4, -0.2) is 26.2 Å². The van der Waals surface area contributed by atoms with Crippen LogP contribution in [0.3, 0.4) is 0 Å². The molecule has 0 fully saturated rings. The first-order valence-electron chi connectivity index (χ1n) is 7.35. The lowest BCUT2D eigenvalue weighted by Crippen LogP contribution is -2.30. The summed E-state index contributed by atoms with van der Waals surface area (Å²) in [5, 5.41) is 3.84. The summed E-state index contributed by atoms with van der Waals surface area (Å²) in [6.45, 7) is 0. The summed E-state index contributed by atoms with van der Waals surface area (Å²) in [5.74, 6) is -0.774. The van der Waals surface area contributed by atoms with Crippen molar-refractivity contribution < 1.29 is 18.7 Å². The second kappa shape index (κ2) is 7.19. The number of esters is 1. The summed E-state index contributed by atoms with van der Waals surface area (Å²) in [4.78, 5) is 37.2. The number of nitrogens with zero attached hydrogens (tertiary/aromatic N) is 1. The van der Waals surface area contributed by atoms with Gasteiger partial charge in [-0.1, -0.05) is 11.6 Å². The van der Waals surface area contributed by atoms with E-state index in [0.29, 0.717) is 20.4 Å². The van der Waals surface area contributed by atoms with Crippen molar-refractivity contribution >= 4 is 55.9 Å². The number of urea groups is 1. The number of halogens is 1. The number of amides is 2. The number of nitrogens with one attached hydrogen (secondary N) is 1. The van der Waals surface area contributed by atoms with E-state index in [1.54, 1.807) is 37.4 Å². The lowest BCUT2D eigenvalue weighted by molar-refractivity contribution is 0.0596. The van der Waals surface area contributed by atoms with Gasteiger partial charge in [-0.2, -0.15) is 0 Å². The summed E-state index contributed by atoms with van der Waals surface area (Å²) in [6, 6.07) is 9.27. The fourth-order valence-electron chi connectivity index (χ4n) is 2.16. The number of fused-ring (bicyclic) bond motifs is 1. The number of carbonyl (C=O) groups is 2. The molecule has 134 valence electrons. The number of benzene rings is 1. The van der Waals surface area contributed by atoms with E-state index in [2.05, 4.69) is 10.1 Å². The van der Waals surface area contributed by atoms with Gasteiger partial charge in [0.25, 0.3) is 0 Å². The topological polar surface area (TPSA) is 88.8 Å². The third-order valence-corrected chi connectivity index (χ3v) is 4.94. The smallest absolute Gasteiger partial charge is 0.351 e. The molecule has 0 unspecified atom stereocenters. The molecule has 3 aromatic rings. The van der Waals surface area contributed by atoms with Crippen molar-refractivity contribution in [2.24, 2.45) is 0 Å². The van der Waals surface area contributed by atoms with Crippen molar-refractivity contribution in [2.75, 3.05) is 24.4 Å². The van der Waals surface area contributed by atoms with Crippen LogP contribution >= 0.6 is 22.9 Å². The van der Waals surface area contributed by atoms with E-state index in [9.17, 15) is 14.4 Å². The van der Waals surface area contributed by atoms with Crippen LogP contribution in [0, 0.1) is 0 Å². The van der Waals surface area contributed by atoms with E-state index in [0.717, 1.165) is 0 Å². The maximum atomic E-state index is 12.4. The predicted molar refractivity (Wildman–Crippen MR) is 101 cm³/mol. The summed E-state index contributed by atoms with van der Waals surface area (Å²) < 4.78 is 10.2. The van der Waals surface area contributed by atoms with Crippen molar-refractivity contribution in [1.82, 2.24) is 0 Å². The molecular formula is C17H13ClN2O5S. The van der Waals surface area contributed by atoms with Gasteiger partial charge in [0, 0.05) is 23.8 Å². The molecule has 26 heavy (non-hydrogen) atoms. The zero-order chi connectivity index (χ0) is 18.8. The number of carbonyl (C=O) groups excluding carboxylic acids is 2. The normalized spacial score (nSPS) is 10.6. The van der Waals surface area contributed by atoms with Gasteiger partial charge in [0.15, 0.2) is 5.58 Å². The highest BCUT2D eigenvalue weighted by molar-refractivity contribution is 7.22. The molecule has 0 spiro atoms.